The van der Waals surface area contributed by atoms with Crippen LogP contribution in [0.1, 0.15) is 0 Å². The third-order valence-electron chi connectivity index (χ3n) is 1.95. The van der Waals surface area contributed by atoms with Crippen LogP contribution in [0.4, 0.5) is 0 Å². The van der Waals surface area contributed by atoms with Gasteiger partial charge < -0.3 is 0 Å². The van der Waals surface area contributed by atoms with E-state index in [9.17, 15) is 0 Å². The van der Waals surface area contributed by atoms with Crippen molar-refractivity contribution in [1.82, 2.24) is 14.8 Å². The number of aryl methyl sites for hydroxylation is 1. The molecule has 0 bridgehead atoms. The average Bonchev–Trinajstić information content (AvgIpc) is 2.46. The van der Waals surface area contributed by atoms with Crippen molar-refractivity contribution in [2.45, 2.75) is 0 Å². The molecule has 6 heteroatoms. The van der Waals surface area contributed by atoms with Crippen molar-refractivity contribution in [2.75, 3.05) is 0 Å². The van der Waals surface area contributed by atoms with Crippen LogP contribution < -0.4 is 0 Å². The fraction of sp³-hybridized carbons (Fsp3) is 0.111. The van der Waals surface area contributed by atoms with Crippen LogP contribution in [0.3, 0.4) is 0 Å². The summed E-state index contributed by atoms with van der Waals surface area (Å²) in [6.45, 7) is 0. The molecule has 1 aromatic carbocycles. The molecule has 0 radical (unpaired) electrons. The van der Waals surface area contributed by atoms with E-state index in [0.29, 0.717) is 15.6 Å². The molecule has 0 spiro atoms. The molecule has 0 aliphatic rings. The van der Waals surface area contributed by atoms with E-state index in [2.05, 4.69) is 26.0 Å². The molecule has 15 heavy (non-hydrogen) atoms. The van der Waals surface area contributed by atoms with Crippen molar-refractivity contribution >= 4 is 39.7 Å². The number of rotatable bonds is 1. The van der Waals surface area contributed by atoms with E-state index in [4.69, 9.17) is 23.8 Å². The fourth-order valence-corrected chi connectivity index (χ4v) is 2.10. The van der Waals surface area contributed by atoms with Gasteiger partial charge in [-0.15, -0.1) is 0 Å². The minimum Gasteiger partial charge on any atom is -0.279 e. The third kappa shape index (κ3) is 2.14. The van der Waals surface area contributed by atoms with Gasteiger partial charge in [-0.25, -0.2) is 0 Å². The molecule has 0 saturated carbocycles. The number of nitrogens with one attached hydrogen (secondary N) is 1. The Hall–Kier alpha value is -0.650. The predicted molar refractivity (Wildman–Crippen MR) is 66.5 cm³/mol. The van der Waals surface area contributed by atoms with Crippen LogP contribution >= 0.6 is 39.7 Å². The summed E-state index contributed by atoms with van der Waals surface area (Å²) in [5.41, 5.74) is 0.839. The van der Waals surface area contributed by atoms with E-state index in [1.807, 2.05) is 25.2 Å². The molecule has 0 saturated heterocycles. The maximum absolute atomic E-state index is 6.09. The summed E-state index contributed by atoms with van der Waals surface area (Å²) in [6.07, 6.45) is 0. The van der Waals surface area contributed by atoms with E-state index in [-0.39, 0.29) is 0 Å². The van der Waals surface area contributed by atoms with Crippen LogP contribution in [0, 0.1) is 4.77 Å². The second kappa shape index (κ2) is 4.08. The van der Waals surface area contributed by atoms with Gasteiger partial charge in [-0.2, -0.15) is 4.98 Å². The fourth-order valence-electron chi connectivity index (χ4n) is 1.20. The molecule has 0 amide bonds. The van der Waals surface area contributed by atoms with Gasteiger partial charge in [0, 0.05) is 17.1 Å². The van der Waals surface area contributed by atoms with Crippen LogP contribution in [0.5, 0.6) is 0 Å². The first-order valence-electron chi connectivity index (χ1n) is 4.16. The summed E-state index contributed by atoms with van der Waals surface area (Å²) in [4.78, 5) is 4.19. The highest BCUT2D eigenvalue weighted by Gasteiger charge is 2.07. The second-order valence-corrected chi connectivity index (χ2v) is 4.73. The molecule has 3 nitrogen and oxygen atoms in total. The average molecular weight is 305 g/mol. The number of aromatic amines is 1. The molecule has 0 unspecified atom stereocenters. The minimum atomic E-state index is 0.504. The zero-order valence-corrected chi connectivity index (χ0v) is 10.9. The van der Waals surface area contributed by atoms with E-state index in [1.165, 1.54) is 0 Å². The normalized spacial score (nSPS) is 10.6. The lowest BCUT2D eigenvalue weighted by molar-refractivity contribution is 0.756. The maximum Gasteiger partial charge on any atom is 0.216 e. The predicted octanol–water partition coefficient (Wildman–Crippen LogP) is 3.56. The Morgan fingerprint density at radius 1 is 1.53 bits per heavy atom. The highest BCUT2D eigenvalue weighted by atomic mass is 79.9. The summed E-state index contributed by atoms with van der Waals surface area (Å²) in [5.74, 6) is 0.681. The molecule has 1 aromatic heterocycles. The maximum atomic E-state index is 6.09. The monoisotopic (exact) mass is 303 g/mol. The Bertz CT molecular complexity index is 561. The van der Waals surface area contributed by atoms with Crippen molar-refractivity contribution in [1.29, 1.82) is 0 Å². The van der Waals surface area contributed by atoms with Crippen molar-refractivity contribution in [3.63, 3.8) is 0 Å². The smallest absolute Gasteiger partial charge is 0.216 e. The first-order valence-corrected chi connectivity index (χ1v) is 5.74. The molecule has 0 aliphatic heterocycles. The van der Waals surface area contributed by atoms with Crippen LogP contribution in [0.15, 0.2) is 22.7 Å². The Balaban J connectivity index is 2.59. The molecule has 0 fully saturated rings. The topological polar surface area (TPSA) is 33.6 Å². The Morgan fingerprint density at radius 2 is 2.27 bits per heavy atom. The van der Waals surface area contributed by atoms with Crippen LogP contribution in [0.25, 0.3) is 11.4 Å². The van der Waals surface area contributed by atoms with Crippen LogP contribution in [-0.2, 0) is 7.05 Å². The van der Waals surface area contributed by atoms with Gasteiger partial charge in [-0.05, 0) is 30.4 Å². The summed E-state index contributed by atoms with van der Waals surface area (Å²) < 4.78 is 3.11. The molecule has 0 atom stereocenters. The van der Waals surface area contributed by atoms with E-state index in [0.717, 1.165) is 10.0 Å². The quantitative estimate of drug-likeness (QED) is 0.817. The molecule has 78 valence electrons. The zero-order chi connectivity index (χ0) is 11.0. The molecular formula is C9H7BrClN3S. The molecule has 1 N–H and O–H groups in total. The highest BCUT2D eigenvalue weighted by Crippen LogP contribution is 2.27. The van der Waals surface area contributed by atoms with Gasteiger partial charge >= 0.3 is 0 Å². The molecule has 0 aliphatic carbocycles. The van der Waals surface area contributed by atoms with Crippen molar-refractivity contribution in [2.24, 2.45) is 7.05 Å². The van der Waals surface area contributed by atoms with Gasteiger partial charge in [-0.3, -0.25) is 9.78 Å². The Morgan fingerprint density at radius 3 is 2.80 bits per heavy atom. The van der Waals surface area contributed by atoms with Gasteiger partial charge in [-0.1, -0.05) is 27.5 Å². The largest absolute Gasteiger partial charge is 0.279 e. The number of H-pyrrole nitrogens is 1. The van der Waals surface area contributed by atoms with Crippen LogP contribution in [-0.4, -0.2) is 14.8 Å². The van der Waals surface area contributed by atoms with E-state index < -0.39 is 0 Å². The van der Waals surface area contributed by atoms with Gasteiger partial charge in [0.15, 0.2) is 5.82 Å². The van der Waals surface area contributed by atoms with Crippen molar-refractivity contribution in [3.8, 4) is 11.4 Å². The lowest BCUT2D eigenvalue weighted by atomic mass is 10.2. The molecule has 2 aromatic rings. The summed E-state index contributed by atoms with van der Waals surface area (Å²) in [7, 11) is 1.81. The van der Waals surface area contributed by atoms with Gasteiger partial charge in [0.2, 0.25) is 4.77 Å². The molecule has 2 rings (SSSR count). The number of halogens is 2. The zero-order valence-electron chi connectivity index (χ0n) is 7.79. The van der Waals surface area contributed by atoms with Crippen molar-refractivity contribution in [3.05, 3.63) is 32.5 Å². The van der Waals surface area contributed by atoms with Gasteiger partial charge in [0.25, 0.3) is 0 Å². The number of hydrogen-bond donors (Lipinski definition) is 1. The van der Waals surface area contributed by atoms with Crippen LogP contribution in [0.2, 0.25) is 5.02 Å². The number of hydrogen-bond acceptors (Lipinski definition) is 2. The SMILES string of the molecule is Cn1[nH]c(-c2ccc(Br)cc2Cl)nc1=S. The van der Waals surface area contributed by atoms with E-state index in [1.54, 1.807) is 4.68 Å². The lowest BCUT2D eigenvalue weighted by Crippen LogP contribution is -1.89. The van der Waals surface area contributed by atoms with Gasteiger partial charge in [0.1, 0.15) is 0 Å². The number of aromatic nitrogens is 3. The van der Waals surface area contributed by atoms with Crippen molar-refractivity contribution < 1.29 is 0 Å². The molecule has 1 heterocycles. The highest BCUT2D eigenvalue weighted by molar-refractivity contribution is 9.10. The first-order chi connectivity index (χ1) is 7.08. The second-order valence-electron chi connectivity index (χ2n) is 3.04. The van der Waals surface area contributed by atoms with E-state index >= 15 is 0 Å². The Kier molecular flexibility index (Phi) is 2.95. The number of benzene rings is 1. The summed E-state index contributed by atoms with van der Waals surface area (Å²) >= 11 is 14.5. The first kappa shape index (κ1) is 10.9. The minimum absolute atomic E-state index is 0.504. The Labute approximate surface area is 105 Å². The lowest BCUT2D eigenvalue weighted by Gasteiger charge is -2.00. The summed E-state index contributed by atoms with van der Waals surface area (Å²) in [5, 5.41) is 3.66. The summed E-state index contributed by atoms with van der Waals surface area (Å²) in [6, 6.07) is 5.62. The standard InChI is InChI=1S/C9H7BrClN3S/c1-14-9(15)12-8(13-14)6-3-2-5(10)4-7(6)11/h2-4H,1H3,(H,12,13,15). The number of nitrogens with zero attached hydrogens (tertiary/aromatic N) is 2. The van der Waals surface area contributed by atoms with Gasteiger partial charge in [0.05, 0.1) is 5.02 Å². The third-order valence-corrected chi connectivity index (χ3v) is 3.13. The molecular weight excluding hydrogens is 298 g/mol.